The zero-order valence-electron chi connectivity index (χ0n) is 9.81. The van der Waals surface area contributed by atoms with Gasteiger partial charge in [0.25, 0.3) is 0 Å². The summed E-state index contributed by atoms with van der Waals surface area (Å²) >= 11 is 0. The highest BCUT2D eigenvalue weighted by atomic mass is 16.5. The summed E-state index contributed by atoms with van der Waals surface area (Å²) in [6.07, 6.45) is 0. The van der Waals surface area contributed by atoms with Crippen molar-refractivity contribution in [3.8, 4) is 0 Å². The van der Waals surface area contributed by atoms with Crippen LogP contribution in [0.25, 0.3) is 0 Å². The second-order valence-corrected chi connectivity index (χ2v) is 4.35. The average molecular weight is 218 g/mol. The van der Waals surface area contributed by atoms with Gasteiger partial charge in [-0.2, -0.15) is 0 Å². The van der Waals surface area contributed by atoms with Gasteiger partial charge in [-0.1, -0.05) is 19.1 Å². The summed E-state index contributed by atoms with van der Waals surface area (Å²) in [7, 11) is 0. The van der Waals surface area contributed by atoms with Crippen LogP contribution in [0.1, 0.15) is 30.9 Å². The van der Waals surface area contributed by atoms with E-state index >= 15 is 0 Å². The largest absolute Gasteiger partial charge is 0.475 e. The van der Waals surface area contributed by atoms with E-state index in [4.69, 9.17) is 10.5 Å². The molecule has 0 aliphatic carbocycles. The Morgan fingerprint density at radius 3 is 2.62 bits per heavy atom. The summed E-state index contributed by atoms with van der Waals surface area (Å²) in [5, 5.41) is 0. The minimum absolute atomic E-state index is 0.276. The molecular weight excluding hydrogens is 200 g/mol. The third-order valence-electron chi connectivity index (χ3n) is 2.88. The van der Waals surface area contributed by atoms with Crippen molar-refractivity contribution in [2.45, 2.75) is 25.8 Å². The van der Waals surface area contributed by atoms with Crippen LogP contribution in [0.2, 0.25) is 0 Å². The van der Waals surface area contributed by atoms with Crippen molar-refractivity contribution in [2.24, 2.45) is 10.7 Å². The van der Waals surface area contributed by atoms with Gasteiger partial charge in [0.1, 0.15) is 6.61 Å². The molecule has 1 aromatic carbocycles. The maximum absolute atomic E-state index is 5.63. The lowest BCUT2D eigenvalue weighted by molar-refractivity contribution is 0.324. The summed E-state index contributed by atoms with van der Waals surface area (Å²) < 4.78 is 5.50. The molecule has 86 valence electrons. The van der Waals surface area contributed by atoms with Crippen molar-refractivity contribution < 1.29 is 4.74 Å². The molecule has 0 saturated carbocycles. The zero-order valence-corrected chi connectivity index (χ0v) is 9.81. The molecule has 2 unspecified atom stereocenters. The first-order chi connectivity index (χ1) is 7.70. The molecule has 0 bridgehead atoms. The molecule has 16 heavy (non-hydrogen) atoms. The average Bonchev–Trinajstić information content (AvgIpc) is 2.75. The van der Waals surface area contributed by atoms with Gasteiger partial charge in [-0.15, -0.1) is 0 Å². The molecule has 2 N–H and O–H groups in total. The minimum atomic E-state index is 0.276. The Morgan fingerprint density at radius 2 is 2.12 bits per heavy atom. The van der Waals surface area contributed by atoms with Gasteiger partial charge in [0.2, 0.25) is 5.90 Å². The van der Waals surface area contributed by atoms with Crippen molar-refractivity contribution in [2.75, 3.05) is 13.2 Å². The van der Waals surface area contributed by atoms with E-state index in [0.717, 1.165) is 11.5 Å². The lowest BCUT2D eigenvalue weighted by Crippen LogP contribution is -2.09. The van der Waals surface area contributed by atoms with Crippen molar-refractivity contribution in [3.63, 3.8) is 0 Å². The quantitative estimate of drug-likeness (QED) is 0.842. The van der Waals surface area contributed by atoms with Gasteiger partial charge < -0.3 is 10.5 Å². The van der Waals surface area contributed by atoms with Crippen LogP contribution in [0.15, 0.2) is 29.3 Å². The first-order valence-corrected chi connectivity index (χ1v) is 5.71. The van der Waals surface area contributed by atoms with E-state index < -0.39 is 0 Å². The van der Waals surface area contributed by atoms with Crippen LogP contribution in [0.3, 0.4) is 0 Å². The maximum Gasteiger partial charge on any atom is 0.216 e. The highest BCUT2D eigenvalue weighted by molar-refractivity contribution is 5.95. The van der Waals surface area contributed by atoms with Gasteiger partial charge in [-0.3, -0.25) is 0 Å². The molecule has 1 heterocycles. The van der Waals surface area contributed by atoms with E-state index in [1.54, 1.807) is 0 Å². The molecule has 3 nitrogen and oxygen atoms in total. The fourth-order valence-corrected chi connectivity index (χ4v) is 1.72. The van der Waals surface area contributed by atoms with E-state index in [1.807, 2.05) is 0 Å². The number of nitrogens with zero attached hydrogens (tertiary/aromatic N) is 1. The molecule has 2 atom stereocenters. The fraction of sp³-hybridized carbons (Fsp3) is 0.462. The van der Waals surface area contributed by atoms with E-state index in [1.165, 1.54) is 5.56 Å². The Bertz CT molecular complexity index is 383. The number of hydrogen-bond donors (Lipinski definition) is 1. The molecular formula is C13H18N2O. The number of aliphatic imine (C=N–C) groups is 1. The maximum atomic E-state index is 5.63. The predicted octanol–water partition coefficient (Wildman–Crippen LogP) is 1.91. The van der Waals surface area contributed by atoms with Crippen LogP contribution in [0, 0.1) is 0 Å². The molecule has 0 radical (unpaired) electrons. The Labute approximate surface area is 96.3 Å². The fourth-order valence-electron chi connectivity index (χ4n) is 1.72. The molecule has 1 aliphatic rings. The number of benzene rings is 1. The summed E-state index contributed by atoms with van der Waals surface area (Å²) in [6.45, 7) is 5.54. The predicted molar refractivity (Wildman–Crippen MR) is 65.9 cm³/mol. The summed E-state index contributed by atoms with van der Waals surface area (Å²) in [6, 6.07) is 8.58. The smallest absolute Gasteiger partial charge is 0.216 e. The van der Waals surface area contributed by atoms with Crippen LogP contribution in [-0.2, 0) is 4.74 Å². The Kier molecular flexibility index (Phi) is 3.25. The number of rotatable bonds is 3. The topological polar surface area (TPSA) is 47.6 Å². The molecule has 0 aromatic heterocycles. The van der Waals surface area contributed by atoms with Crippen LogP contribution >= 0.6 is 0 Å². The van der Waals surface area contributed by atoms with E-state index in [2.05, 4.69) is 43.1 Å². The minimum Gasteiger partial charge on any atom is -0.475 e. The molecule has 3 heteroatoms. The molecule has 1 aromatic rings. The first kappa shape index (κ1) is 11.1. The van der Waals surface area contributed by atoms with Crippen molar-refractivity contribution >= 4 is 5.90 Å². The second-order valence-electron chi connectivity index (χ2n) is 4.35. The summed E-state index contributed by atoms with van der Waals surface area (Å²) in [5.41, 5.74) is 7.95. The van der Waals surface area contributed by atoms with E-state index in [0.29, 0.717) is 19.1 Å². The van der Waals surface area contributed by atoms with Gasteiger partial charge in [0.05, 0.1) is 6.04 Å². The SMILES string of the molecule is CC1COC(c2ccc(C(C)CN)cc2)=N1. The monoisotopic (exact) mass is 218 g/mol. The lowest BCUT2D eigenvalue weighted by atomic mass is 10.00. The van der Waals surface area contributed by atoms with Crippen LogP contribution in [0.4, 0.5) is 0 Å². The third-order valence-corrected chi connectivity index (χ3v) is 2.88. The molecule has 0 spiro atoms. The number of hydrogen-bond acceptors (Lipinski definition) is 3. The Hall–Kier alpha value is -1.35. The zero-order chi connectivity index (χ0) is 11.5. The first-order valence-electron chi connectivity index (χ1n) is 5.71. The van der Waals surface area contributed by atoms with Gasteiger partial charge in [0.15, 0.2) is 0 Å². The summed E-state index contributed by atoms with van der Waals surface area (Å²) in [5.74, 6) is 1.17. The van der Waals surface area contributed by atoms with Gasteiger partial charge in [-0.25, -0.2) is 4.99 Å². The highest BCUT2D eigenvalue weighted by Gasteiger charge is 2.16. The standard InChI is InChI=1S/C13H18N2O/c1-9(7-14)11-3-5-12(6-4-11)13-15-10(2)8-16-13/h3-6,9-10H,7-8,14H2,1-2H3. The van der Waals surface area contributed by atoms with Crippen LogP contribution < -0.4 is 5.73 Å². The van der Waals surface area contributed by atoms with Crippen molar-refractivity contribution in [3.05, 3.63) is 35.4 Å². The van der Waals surface area contributed by atoms with Crippen LogP contribution in [0.5, 0.6) is 0 Å². The van der Waals surface area contributed by atoms with Crippen LogP contribution in [-0.4, -0.2) is 25.1 Å². The number of ether oxygens (including phenoxy) is 1. The Balaban J connectivity index is 2.16. The Morgan fingerprint density at radius 1 is 1.44 bits per heavy atom. The van der Waals surface area contributed by atoms with E-state index in [-0.39, 0.29) is 6.04 Å². The third kappa shape index (κ3) is 2.25. The molecule has 0 saturated heterocycles. The molecule has 1 aliphatic heterocycles. The normalized spacial score (nSPS) is 21.4. The van der Waals surface area contributed by atoms with Gasteiger partial charge in [0, 0.05) is 5.56 Å². The highest BCUT2D eigenvalue weighted by Crippen LogP contribution is 2.17. The molecule has 0 amide bonds. The number of nitrogens with two attached hydrogens (primary N) is 1. The van der Waals surface area contributed by atoms with Gasteiger partial charge >= 0.3 is 0 Å². The van der Waals surface area contributed by atoms with Crippen molar-refractivity contribution in [1.82, 2.24) is 0 Å². The lowest BCUT2D eigenvalue weighted by Gasteiger charge is -2.09. The molecule has 2 rings (SSSR count). The summed E-state index contributed by atoms with van der Waals surface area (Å²) in [4.78, 5) is 4.42. The van der Waals surface area contributed by atoms with E-state index in [9.17, 15) is 0 Å². The van der Waals surface area contributed by atoms with Gasteiger partial charge in [-0.05, 0) is 37.1 Å². The molecule has 0 fully saturated rings. The second kappa shape index (κ2) is 4.66. The van der Waals surface area contributed by atoms with Crippen molar-refractivity contribution in [1.29, 1.82) is 0 Å².